The standard InChI is InChI=1S/C17H20N4O2/c1-12-5-3-4-6-15(12)17(23)20-9-7-14(11-20)21-10-8-16(19-21)18-13(2)22/h3-6,8,10,14H,7,9,11H2,1-2H3,(H,18,19,22)/t14-/m1/s1. The molecule has 2 aromatic rings. The largest absolute Gasteiger partial charge is 0.336 e. The smallest absolute Gasteiger partial charge is 0.254 e. The molecule has 0 bridgehead atoms. The van der Waals surface area contributed by atoms with E-state index in [0.717, 1.165) is 17.5 Å². The van der Waals surface area contributed by atoms with Crippen LogP contribution in [0.15, 0.2) is 36.5 Å². The van der Waals surface area contributed by atoms with Crippen LogP contribution in [0.1, 0.15) is 35.3 Å². The van der Waals surface area contributed by atoms with E-state index in [-0.39, 0.29) is 17.9 Å². The van der Waals surface area contributed by atoms with Gasteiger partial charge < -0.3 is 10.2 Å². The van der Waals surface area contributed by atoms with Crippen molar-refractivity contribution in [2.75, 3.05) is 18.4 Å². The second-order valence-electron chi connectivity index (χ2n) is 5.87. The fourth-order valence-electron chi connectivity index (χ4n) is 2.91. The third kappa shape index (κ3) is 3.26. The lowest BCUT2D eigenvalue weighted by Crippen LogP contribution is -2.29. The van der Waals surface area contributed by atoms with E-state index in [1.54, 1.807) is 6.07 Å². The van der Waals surface area contributed by atoms with Crippen molar-refractivity contribution in [3.8, 4) is 0 Å². The van der Waals surface area contributed by atoms with Gasteiger partial charge in [-0.05, 0) is 25.0 Å². The highest BCUT2D eigenvalue weighted by Crippen LogP contribution is 2.24. The summed E-state index contributed by atoms with van der Waals surface area (Å²) >= 11 is 0. The number of likely N-dealkylation sites (tertiary alicyclic amines) is 1. The van der Waals surface area contributed by atoms with Crippen molar-refractivity contribution in [1.29, 1.82) is 0 Å². The number of hydrogen-bond acceptors (Lipinski definition) is 3. The molecule has 1 aliphatic rings. The third-order valence-electron chi connectivity index (χ3n) is 4.11. The highest BCUT2D eigenvalue weighted by Gasteiger charge is 2.29. The second kappa shape index (κ2) is 6.24. The first-order valence-corrected chi connectivity index (χ1v) is 7.72. The monoisotopic (exact) mass is 312 g/mol. The molecule has 1 aromatic carbocycles. The maximum atomic E-state index is 12.6. The molecule has 1 fully saturated rings. The summed E-state index contributed by atoms with van der Waals surface area (Å²) in [6.45, 7) is 4.76. The molecule has 2 heterocycles. The lowest BCUT2D eigenvalue weighted by atomic mass is 10.1. The summed E-state index contributed by atoms with van der Waals surface area (Å²) in [5.41, 5.74) is 1.75. The van der Waals surface area contributed by atoms with Gasteiger partial charge in [-0.25, -0.2) is 0 Å². The van der Waals surface area contributed by atoms with E-state index in [9.17, 15) is 9.59 Å². The van der Waals surface area contributed by atoms with E-state index in [1.807, 2.05) is 47.0 Å². The van der Waals surface area contributed by atoms with Crippen LogP contribution in [0, 0.1) is 6.92 Å². The summed E-state index contributed by atoms with van der Waals surface area (Å²) in [5.74, 6) is 0.471. The minimum absolute atomic E-state index is 0.0693. The van der Waals surface area contributed by atoms with Crippen LogP contribution in [0.25, 0.3) is 0 Å². The predicted molar refractivity (Wildman–Crippen MR) is 87.3 cm³/mol. The Balaban J connectivity index is 1.69. The number of rotatable bonds is 3. The minimum atomic E-state index is -0.141. The first kappa shape index (κ1) is 15.3. The lowest BCUT2D eigenvalue weighted by Gasteiger charge is -2.18. The molecule has 0 spiro atoms. The van der Waals surface area contributed by atoms with Gasteiger partial charge >= 0.3 is 0 Å². The zero-order chi connectivity index (χ0) is 16.4. The number of nitrogens with one attached hydrogen (secondary N) is 1. The van der Waals surface area contributed by atoms with Crippen LogP contribution in [0.4, 0.5) is 5.82 Å². The van der Waals surface area contributed by atoms with Crippen molar-refractivity contribution in [3.63, 3.8) is 0 Å². The number of aromatic nitrogens is 2. The van der Waals surface area contributed by atoms with Crippen LogP contribution in [0.5, 0.6) is 0 Å². The Labute approximate surface area is 135 Å². The average Bonchev–Trinajstić information content (AvgIpc) is 3.15. The summed E-state index contributed by atoms with van der Waals surface area (Å²) in [5, 5.41) is 7.03. The summed E-state index contributed by atoms with van der Waals surface area (Å²) in [6.07, 6.45) is 2.70. The summed E-state index contributed by atoms with van der Waals surface area (Å²) in [7, 11) is 0. The van der Waals surface area contributed by atoms with Gasteiger partial charge in [-0.1, -0.05) is 18.2 Å². The number of carbonyl (C=O) groups excluding carboxylic acids is 2. The van der Waals surface area contributed by atoms with Gasteiger partial charge in [0.1, 0.15) is 0 Å². The Morgan fingerprint density at radius 3 is 2.78 bits per heavy atom. The lowest BCUT2D eigenvalue weighted by molar-refractivity contribution is -0.114. The van der Waals surface area contributed by atoms with Crippen molar-refractivity contribution in [1.82, 2.24) is 14.7 Å². The van der Waals surface area contributed by atoms with Crippen LogP contribution in [-0.4, -0.2) is 39.6 Å². The molecule has 0 saturated carbocycles. The first-order valence-electron chi connectivity index (χ1n) is 7.72. The molecule has 0 radical (unpaired) electrons. The number of carbonyl (C=O) groups is 2. The molecule has 23 heavy (non-hydrogen) atoms. The molecule has 1 aromatic heterocycles. The molecule has 6 heteroatoms. The van der Waals surface area contributed by atoms with Crippen LogP contribution in [-0.2, 0) is 4.79 Å². The summed E-state index contributed by atoms with van der Waals surface area (Å²) in [4.78, 5) is 25.6. The van der Waals surface area contributed by atoms with Crippen LogP contribution in [0.2, 0.25) is 0 Å². The molecular weight excluding hydrogens is 292 g/mol. The van der Waals surface area contributed by atoms with Crippen molar-refractivity contribution in [2.24, 2.45) is 0 Å². The molecule has 1 N–H and O–H groups in total. The van der Waals surface area contributed by atoms with Gasteiger partial charge in [0.15, 0.2) is 5.82 Å². The number of aryl methyl sites for hydroxylation is 1. The van der Waals surface area contributed by atoms with E-state index in [0.29, 0.717) is 18.9 Å². The van der Waals surface area contributed by atoms with Gasteiger partial charge in [-0.3, -0.25) is 14.3 Å². The molecule has 1 saturated heterocycles. The zero-order valence-electron chi connectivity index (χ0n) is 13.3. The minimum Gasteiger partial charge on any atom is -0.336 e. The SMILES string of the molecule is CC(=O)Nc1ccn([C@@H]2CCN(C(=O)c3ccccc3C)C2)n1. The van der Waals surface area contributed by atoms with Gasteiger partial charge in [0.05, 0.1) is 6.04 Å². The van der Waals surface area contributed by atoms with Gasteiger partial charge in [-0.15, -0.1) is 0 Å². The molecule has 6 nitrogen and oxygen atoms in total. The van der Waals surface area contributed by atoms with E-state index < -0.39 is 0 Å². The van der Waals surface area contributed by atoms with E-state index >= 15 is 0 Å². The highest BCUT2D eigenvalue weighted by atomic mass is 16.2. The Kier molecular flexibility index (Phi) is 4.14. The van der Waals surface area contributed by atoms with Gasteiger partial charge in [-0.2, -0.15) is 5.10 Å². The van der Waals surface area contributed by atoms with Crippen LogP contribution in [0.3, 0.4) is 0 Å². The highest BCUT2D eigenvalue weighted by molar-refractivity contribution is 5.95. The van der Waals surface area contributed by atoms with Crippen LogP contribution >= 0.6 is 0 Å². The Hall–Kier alpha value is -2.63. The molecule has 1 aliphatic heterocycles. The van der Waals surface area contributed by atoms with Crippen LogP contribution < -0.4 is 5.32 Å². The number of amides is 2. The number of benzene rings is 1. The summed E-state index contributed by atoms with van der Waals surface area (Å²) < 4.78 is 1.83. The van der Waals surface area contributed by atoms with Crippen molar-refractivity contribution in [3.05, 3.63) is 47.7 Å². The topological polar surface area (TPSA) is 67.2 Å². The molecule has 120 valence electrons. The normalized spacial score (nSPS) is 17.3. The average molecular weight is 312 g/mol. The Morgan fingerprint density at radius 1 is 1.26 bits per heavy atom. The quantitative estimate of drug-likeness (QED) is 0.945. The fourth-order valence-corrected chi connectivity index (χ4v) is 2.91. The predicted octanol–water partition coefficient (Wildman–Crippen LogP) is 2.24. The van der Waals surface area contributed by atoms with E-state index in [2.05, 4.69) is 10.4 Å². The Morgan fingerprint density at radius 2 is 2.04 bits per heavy atom. The van der Waals surface area contributed by atoms with Crippen molar-refractivity contribution in [2.45, 2.75) is 26.3 Å². The number of nitrogens with zero attached hydrogens (tertiary/aromatic N) is 3. The molecule has 0 aliphatic carbocycles. The van der Waals surface area contributed by atoms with Gasteiger partial charge in [0.25, 0.3) is 5.91 Å². The van der Waals surface area contributed by atoms with E-state index in [1.165, 1.54) is 6.92 Å². The fraction of sp³-hybridized carbons (Fsp3) is 0.353. The molecule has 1 atom stereocenters. The molecule has 3 rings (SSSR count). The first-order chi connectivity index (χ1) is 11.0. The number of hydrogen-bond donors (Lipinski definition) is 1. The molecule has 2 amide bonds. The number of anilines is 1. The zero-order valence-corrected chi connectivity index (χ0v) is 13.3. The maximum absolute atomic E-state index is 12.6. The van der Waals surface area contributed by atoms with E-state index in [4.69, 9.17) is 0 Å². The van der Waals surface area contributed by atoms with Gasteiger partial charge in [0.2, 0.25) is 5.91 Å². The van der Waals surface area contributed by atoms with Crippen molar-refractivity contribution < 1.29 is 9.59 Å². The second-order valence-corrected chi connectivity index (χ2v) is 5.87. The molecule has 0 unspecified atom stereocenters. The van der Waals surface area contributed by atoms with Gasteiger partial charge in [0, 0.05) is 37.8 Å². The maximum Gasteiger partial charge on any atom is 0.254 e. The summed E-state index contributed by atoms with van der Waals surface area (Å²) in [6, 6.07) is 9.56. The third-order valence-corrected chi connectivity index (χ3v) is 4.11. The Bertz CT molecular complexity index is 738. The molecular formula is C17H20N4O2. The van der Waals surface area contributed by atoms with Crippen molar-refractivity contribution >= 4 is 17.6 Å².